The Bertz CT molecular complexity index is 417. The molecule has 92 valence electrons. The van der Waals surface area contributed by atoms with Crippen molar-refractivity contribution in [3.8, 4) is 0 Å². The van der Waals surface area contributed by atoms with Gasteiger partial charge in [0.1, 0.15) is 10.8 Å². The van der Waals surface area contributed by atoms with Gasteiger partial charge in [0, 0.05) is 13.1 Å². The van der Waals surface area contributed by atoms with Gasteiger partial charge in [-0.05, 0) is 30.4 Å². The Hall–Kier alpha value is -1.16. The summed E-state index contributed by atoms with van der Waals surface area (Å²) in [5.41, 5.74) is 6.32. The lowest BCUT2D eigenvalue weighted by molar-refractivity contribution is 0.422. The summed E-state index contributed by atoms with van der Waals surface area (Å²) in [5, 5.41) is 0. The maximum absolute atomic E-state index is 5.61. The number of aromatic nitrogens is 1. The molecule has 1 unspecified atom stereocenters. The van der Waals surface area contributed by atoms with Crippen LogP contribution in [-0.2, 0) is 0 Å². The van der Waals surface area contributed by atoms with E-state index >= 15 is 0 Å². The zero-order valence-electron chi connectivity index (χ0n) is 10.4. The van der Waals surface area contributed by atoms with Gasteiger partial charge in [0.15, 0.2) is 0 Å². The standard InChI is InChI=1S/C13H19N3S/c1-9(2)10-6-7-16(8-10)12-5-3-4-11(15-12)13(14)17/h3-5,9-10H,6-8H2,1-2H3,(H2,14,17). The topological polar surface area (TPSA) is 42.1 Å². The molecular weight excluding hydrogens is 230 g/mol. The second kappa shape index (κ2) is 5.00. The van der Waals surface area contributed by atoms with Crippen molar-refractivity contribution in [2.75, 3.05) is 18.0 Å². The van der Waals surface area contributed by atoms with Crippen molar-refractivity contribution in [1.82, 2.24) is 4.98 Å². The van der Waals surface area contributed by atoms with Crippen LogP contribution >= 0.6 is 12.2 Å². The molecule has 0 amide bonds. The van der Waals surface area contributed by atoms with Crippen molar-refractivity contribution >= 4 is 23.0 Å². The van der Waals surface area contributed by atoms with Crippen LogP contribution in [0, 0.1) is 11.8 Å². The number of nitrogens with two attached hydrogens (primary N) is 1. The SMILES string of the molecule is CC(C)C1CCN(c2cccc(C(N)=S)n2)C1. The molecule has 1 aliphatic rings. The van der Waals surface area contributed by atoms with Crippen LogP contribution in [0.4, 0.5) is 5.82 Å². The van der Waals surface area contributed by atoms with E-state index in [1.54, 1.807) is 0 Å². The first-order chi connectivity index (χ1) is 8.08. The Labute approximate surface area is 108 Å². The average Bonchev–Trinajstić information content (AvgIpc) is 2.78. The maximum atomic E-state index is 5.61. The van der Waals surface area contributed by atoms with E-state index in [1.807, 2.05) is 18.2 Å². The molecule has 0 spiro atoms. The predicted molar refractivity (Wildman–Crippen MR) is 75.3 cm³/mol. The van der Waals surface area contributed by atoms with Crippen molar-refractivity contribution in [1.29, 1.82) is 0 Å². The zero-order chi connectivity index (χ0) is 12.4. The van der Waals surface area contributed by atoms with E-state index in [2.05, 4.69) is 23.7 Å². The van der Waals surface area contributed by atoms with E-state index in [4.69, 9.17) is 18.0 Å². The first kappa shape index (κ1) is 12.3. The number of pyridine rings is 1. The molecule has 2 rings (SSSR count). The fourth-order valence-corrected chi connectivity index (χ4v) is 2.39. The van der Waals surface area contributed by atoms with E-state index < -0.39 is 0 Å². The summed E-state index contributed by atoms with van der Waals surface area (Å²) < 4.78 is 0. The Balaban J connectivity index is 2.13. The van der Waals surface area contributed by atoms with E-state index in [0.717, 1.165) is 30.7 Å². The lowest BCUT2D eigenvalue weighted by Crippen LogP contribution is -2.23. The summed E-state index contributed by atoms with van der Waals surface area (Å²) in [6.07, 6.45) is 1.25. The first-order valence-electron chi connectivity index (χ1n) is 6.09. The molecule has 1 aromatic heterocycles. The van der Waals surface area contributed by atoms with E-state index in [1.165, 1.54) is 6.42 Å². The van der Waals surface area contributed by atoms with E-state index in [9.17, 15) is 0 Å². The summed E-state index contributed by atoms with van der Waals surface area (Å²) in [6.45, 7) is 6.74. The third kappa shape index (κ3) is 2.75. The monoisotopic (exact) mass is 249 g/mol. The highest BCUT2D eigenvalue weighted by atomic mass is 32.1. The van der Waals surface area contributed by atoms with Gasteiger partial charge in [0.2, 0.25) is 0 Å². The molecule has 1 atom stereocenters. The quantitative estimate of drug-likeness (QED) is 0.834. The van der Waals surface area contributed by atoms with Crippen LogP contribution < -0.4 is 10.6 Å². The van der Waals surface area contributed by atoms with Gasteiger partial charge in [-0.15, -0.1) is 0 Å². The highest BCUT2D eigenvalue weighted by molar-refractivity contribution is 7.80. The molecule has 0 aliphatic carbocycles. The smallest absolute Gasteiger partial charge is 0.129 e. The number of thiocarbonyl (C=S) groups is 1. The minimum Gasteiger partial charge on any atom is -0.388 e. The molecule has 0 aromatic carbocycles. The van der Waals surface area contributed by atoms with Crippen molar-refractivity contribution in [2.24, 2.45) is 17.6 Å². The lowest BCUT2D eigenvalue weighted by atomic mass is 9.95. The molecule has 2 heterocycles. The molecule has 0 saturated carbocycles. The van der Waals surface area contributed by atoms with Gasteiger partial charge >= 0.3 is 0 Å². The number of hydrogen-bond donors (Lipinski definition) is 1. The predicted octanol–water partition coefficient (Wildman–Crippen LogP) is 2.20. The fourth-order valence-electron chi connectivity index (χ4n) is 2.28. The van der Waals surface area contributed by atoms with Gasteiger partial charge in [-0.3, -0.25) is 0 Å². The number of anilines is 1. The van der Waals surface area contributed by atoms with E-state index in [0.29, 0.717) is 10.7 Å². The van der Waals surface area contributed by atoms with Crippen molar-refractivity contribution in [3.63, 3.8) is 0 Å². The number of rotatable bonds is 3. The van der Waals surface area contributed by atoms with Gasteiger partial charge in [0.05, 0.1) is 5.69 Å². The van der Waals surface area contributed by atoms with Gasteiger partial charge in [-0.1, -0.05) is 32.1 Å². The van der Waals surface area contributed by atoms with Crippen LogP contribution in [0.5, 0.6) is 0 Å². The molecule has 0 bridgehead atoms. The molecule has 2 N–H and O–H groups in total. The Morgan fingerprint density at radius 1 is 1.53 bits per heavy atom. The Morgan fingerprint density at radius 2 is 2.29 bits per heavy atom. The van der Waals surface area contributed by atoms with Gasteiger partial charge in [-0.2, -0.15) is 0 Å². The molecule has 1 aromatic rings. The van der Waals surface area contributed by atoms with Crippen LogP contribution in [-0.4, -0.2) is 23.1 Å². The van der Waals surface area contributed by atoms with Crippen LogP contribution in [0.15, 0.2) is 18.2 Å². The van der Waals surface area contributed by atoms with Crippen LogP contribution in [0.25, 0.3) is 0 Å². The summed E-state index contributed by atoms with van der Waals surface area (Å²) in [4.78, 5) is 7.20. The van der Waals surface area contributed by atoms with Gasteiger partial charge < -0.3 is 10.6 Å². The molecule has 1 fully saturated rings. The number of hydrogen-bond acceptors (Lipinski definition) is 3. The second-order valence-electron chi connectivity index (χ2n) is 4.98. The molecule has 17 heavy (non-hydrogen) atoms. The summed E-state index contributed by atoms with van der Waals surface area (Å²) in [7, 11) is 0. The molecule has 3 nitrogen and oxygen atoms in total. The molecular formula is C13H19N3S. The molecule has 4 heteroatoms. The molecule has 0 radical (unpaired) electrons. The van der Waals surface area contributed by atoms with Gasteiger partial charge in [0.25, 0.3) is 0 Å². The highest BCUT2D eigenvalue weighted by Crippen LogP contribution is 2.27. The Morgan fingerprint density at radius 3 is 2.88 bits per heavy atom. The van der Waals surface area contributed by atoms with Crippen LogP contribution in [0.3, 0.4) is 0 Å². The maximum Gasteiger partial charge on any atom is 0.129 e. The van der Waals surface area contributed by atoms with Crippen molar-refractivity contribution in [3.05, 3.63) is 23.9 Å². The summed E-state index contributed by atoms with van der Waals surface area (Å²) >= 11 is 4.96. The largest absolute Gasteiger partial charge is 0.388 e. The third-order valence-corrected chi connectivity index (χ3v) is 3.69. The molecule has 1 saturated heterocycles. The number of nitrogens with zero attached hydrogens (tertiary/aromatic N) is 2. The first-order valence-corrected chi connectivity index (χ1v) is 6.50. The zero-order valence-corrected chi connectivity index (χ0v) is 11.2. The third-order valence-electron chi connectivity index (χ3n) is 3.48. The average molecular weight is 249 g/mol. The Kier molecular flexibility index (Phi) is 3.62. The van der Waals surface area contributed by atoms with Crippen LogP contribution in [0.2, 0.25) is 0 Å². The minimum atomic E-state index is 0.367. The van der Waals surface area contributed by atoms with Crippen LogP contribution in [0.1, 0.15) is 26.0 Å². The lowest BCUT2D eigenvalue weighted by Gasteiger charge is -2.19. The highest BCUT2D eigenvalue weighted by Gasteiger charge is 2.25. The van der Waals surface area contributed by atoms with E-state index in [-0.39, 0.29) is 0 Å². The summed E-state index contributed by atoms with van der Waals surface area (Å²) in [6, 6.07) is 5.87. The van der Waals surface area contributed by atoms with Gasteiger partial charge in [-0.25, -0.2) is 4.98 Å². The molecule has 1 aliphatic heterocycles. The fraction of sp³-hybridized carbons (Fsp3) is 0.538. The normalized spacial score (nSPS) is 19.9. The second-order valence-corrected chi connectivity index (χ2v) is 5.42. The summed E-state index contributed by atoms with van der Waals surface area (Å²) in [5.74, 6) is 2.50. The minimum absolute atomic E-state index is 0.367. The van der Waals surface area contributed by atoms with Crippen molar-refractivity contribution in [2.45, 2.75) is 20.3 Å². The van der Waals surface area contributed by atoms with Crippen molar-refractivity contribution < 1.29 is 0 Å².